The molecular weight excluding hydrogens is 688 g/mol. The van der Waals surface area contributed by atoms with Gasteiger partial charge < -0.3 is 39.4 Å². The van der Waals surface area contributed by atoms with Crippen molar-refractivity contribution in [1.82, 2.24) is 9.80 Å². The molecule has 4 saturated carbocycles. The smallest absolute Gasteiger partial charge is 0.504 e. The molecule has 4 bridgehead atoms. The minimum absolute atomic E-state index is 0.0515. The third kappa shape index (κ3) is 3.90. The van der Waals surface area contributed by atoms with Crippen LogP contribution in [0.4, 0.5) is 4.79 Å². The number of aromatic hydroxyl groups is 2. The number of carbonyl (C=O) groups is 1. The van der Waals surface area contributed by atoms with Gasteiger partial charge in [-0.2, -0.15) is 0 Å². The van der Waals surface area contributed by atoms with E-state index in [0.717, 1.165) is 48.4 Å². The van der Waals surface area contributed by atoms with Crippen LogP contribution >= 0.6 is 0 Å². The topological polar surface area (TPSA) is 141 Å². The summed E-state index contributed by atoms with van der Waals surface area (Å²) in [5.74, 6) is 2.28. The maximum absolute atomic E-state index is 14.1. The fourth-order valence-corrected chi connectivity index (χ4v) is 14.1. The van der Waals surface area contributed by atoms with E-state index in [1.807, 2.05) is 12.1 Å². The summed E-state index contributed by atoms with van der Waals surface area (Å²) in [4.78, 5) is 19.1. The van der Waals surface area contributed by atoms with Crippen molar-refractivity contribution in [2.45, 2.75) is 148 Å². The molecule has 10 atom stereocenters. The molecule has 2 aromatic rings. The second kappa shape index (κ2) is 11.0. The molecule has 4 aliphatic heterocycles. The van der Waals surface area contributed by atoms with Gasteiger partial charge in [-0.15, -0.1) is 0 Å². The van der Waals surface area contributed by atoms with Gasteiger partial charge >= 0.3 is 6.16 Å². The Hall–Kier alpha value is -3.25. The fraction of sp³-hybridized carbons (Fsp3) is 0.698. The van der Waals surface area contributed by atoms with Gasteiger partial charge in [0.25, 0.3) is 0 Å². The molecule has 12 rings (SSSR count). The lowest BCUT2D eigenvalue weighted by atomic mass is 9.48. The zero-order valence-corrected chi connectivity index (χ0v) is 30.9. The van der Waals surface area contributed by atoms with E-state index in [0.29, 0.717) is 74.7 Å². The predicted molar refractivity (Wildman–Crippen MR) is 194 cm³/mol. The first-order valence-electron chi connectivity index (χ1n) is 21.0. The lowest BCUT2D eigenvalue weighted by Crippen LogP contribution is -2.77. The lowest BCUT2D eigenvalue weighted by Gasteiger charge is -2.64. The molecule has 288 valence electrons. The average Bonchev–Trinajstić information content (AvgIpc) is 3.65. The molecule has 0 aromatic heterocycles. The summed E-state index contributed by atoms with van der Waals surface area (Å²) in [5, 5.41) is 48.0. The highest BCUT2D eigenvalue weighted by atomic mass is 16.7. The summed E-state index contributed by atoms with van der Waals surface area (Å²) < 4.78 is 25.9. The number of nitrogens with zero attached hydrogens (tertiary/aromatic N) is 2. The molecule has 4 N–H and O–H groups in total. The van der Waals surface area contributed by atoms with Crippen LogP contribution in [-0.4, -0.2) is 110 Å². The molecule has 4 heterocycles. The zero-order chi connectivity index (χ0) is 36.4. The van der Waals surface area contributed by atoms with Gasteiger partial charge in [0.15, 0.2) is 23.0 Å². The maximum Gasteiger partial charge on any atom is 0.509 e. The first-order chi connectivity index (χ1) is 26.1. The SMILES string of the molecule is O=C(OC1CC[C@@]2(O)[C@H]3Cc4ccc(O)c5c4[C@@]2(CCN3CC2CCC2)[C@H]1O5)O[C@H]1CC[C@@]2(O)C3Cc4ccc(O)c5c4[C@@]2(CCN3CC2CCC2)[C@H]1O5. The number of carbonyl (C=O) groups excluding carboxylic acids is 1. The molecule has 6 aliphatic carbocycles. The number of ether oxygens (including phenoxy) is 4. The third-order valence-corrected chi connectivity index (χ3v) is 17.0. The number of likely N-dealkylation sites (tertiary alicyclic amines) is 2. The second-order valence-corrected chi connectivity index (χ2v) is 18.9. The van der Waals surface area contributed by atoms with Gasteiger partial charge in [-0.1, -0.05) is 25.0 Å². The number of piperidine rings is 2. The van der Waals surface area contributed by atoms with Crippen molar-refractivity contribution in [3.8, 4) is 23.0 Å². The Morgan fingerprint density at radius 2 is 1.11 bits per heavy atom. The minimum atomic E-state index is -1.09. The summed E-state index contributed by atoms with van der Waals surface area (Å²) >= 11 is 0. The largest absolute Gasteiger partial charge is 0.509 e. The number of rotatable bonds is 6. The zero-order valence-electron chi connectivity index (χ0n) is 30.9. The van der Waals surface area contributed by atoms with Gasteiger partial charge in [0, 0.05) is 36.3 Å². The maximum atomic E-state index is 14.1. The Morgan fingerprint density at radius 3 is 1.52 bits per heavy atom. The van der Waals surface area contributed by atoms with Gasteiger partial charge in [-0.3, -0.25) is 9.80 Å². The predicted octanol–water partition coefficient (Wildman–Crippen LogP) is 4.60. The molecule has 0 amide bonds. The molecule has 2 saturated heterocycles. The van der Waals surface area contributed by atoms with Crippen LogP contribution in [0.2, 0.25) is 0 Å². The number of benzene rings is 2. The van der Waals surface area contributed by atoms with Crippen molar-refractivity contribution in [2.24, 2.45) is 11.8 Å². The van der Waals surface area contributed by atoms with Crippen LogP contribution in [0, 0.1) is 11.8 Å². The quantitative estimate of drug-likeness (QED) is 0.309. The first kappa shape index (κ1) is 32.9. The minimum Gasteiger partial charge on any atom is -0.504 e. The van der Waals surface area contributed by atoms with E-state index in [4.69, 9.17) is 18.9 Å². The summed E-state index contributed by atoms with van der Waals surface area (Å²) in [6, 6.07) is 7.22. The normalized spacial score (nSPS) is 42.5. The second-order valence-electron chi connectivity index (χ2n) is 18.9. The van der Waals surface area contributed by atoms with Gasteiger partial charge in [0.1, 0.15) is 24.4 Å². The van der Waals surface area contributed by atoms with Crippen molar-refractivity contribution in [1.29, 1.82) is 0 Å². The van der Waals surface area contributed by atoms with Crippen LogP contribution in [0.25, 0.3) is 0 Å². The van der Waals surface area contributed by atoms with E-state index in [2.05, 4.69) is 9.80 Å². The Morgan fingerprint density at radius 1 is 0.667 bits per heavy atom. The Labute approximate surface area is 315 Å². The molecule has 11 nitrogen and oxygen atoms in total. The van der Waals surface area contributed by atoms with E-state index in [-0.39, 0.29) is 23.6 Å². The number of phenols is 2. The van der Waals surface area contributed by atoms with E-state index in [1.165, 1.54) is 38.5 Å². The molecule has 54 heavy (non-hydrogen) atoms. The van der Waals surface area contributed by atoms with E-state index in [1.54, 1.807) is 12.1 Å². The molecule has 2 aromatic carbocycles. The van der Waals surface area contributed by atoms with Crippen LogP contribution in [0.3, 0.4) is 0 Å². The van der Waals surface area contributed by atoms with Crippen molar-refractivity contribution in [2.75, 3.05) is 26.2 Å². The molecule has 2 spiro atoms. The van der Waals surface area contributed by atoms with Crippen molar-refractivity contribution in [3.63, 3.8) is 0 Å². The van der Waals surface area contributed by atoms with Crippen LogP contribution in [0.1, 0.15) is 99.3 Å². The molecule has 6 fully saturated rings. The molecular formula is C43H52N2O9. The van der Waals surface area contributed by atoms with E-state index < -0.39 is 52.6 Å². The molecule has 11 heteroatoms. The van der Waals surface area contributed by atoms with E-state index >= 15 is 0 Å². The highest BCUT2D eigenvalue weighted by Gasteiger charge is 2.75. The third-order valence-electron chi connectivity index (χ3n) is 17.0. The van der Waals surface area contributed by atoms with Crippen LogP contribution in [-0.2, 0) is 33.1 Å². The number of hydrogen-bond acceptors (Lipinski definition) is 11. The Balaban J connectivity index is 0.835. The van der Waals surface area contributed by atoms with Crippen LogP contribution in [0.15, 0.2) is 24.3 Å². The molecule has 2 unspecified atom stereocenters. The van der Waals surface area contributed by atoms with Gasteiger partial charge in [0.2, 0.25) is 0 Å². The highest BCUT2D eigenvalue weighted by Crippen LogP contribution is 2.68. The summed E-state index contributed by atoms with van der Waals surface area (Å²) in [7, 11) is 0. The Bertz CT molecular complexity index is 1810. The molecule has 10 aliphatic rings. The highest BCUT2D eigenvalue weighted by molar-refractivity contribution is 5.66. The van der Waals surface area contributed by atoms with Crippen molar-refractivity contribution in [3.05, 3.63) is 46.5 Å². The molecule has 0 radical (unpaired) electrons. The first-order valence-corrected chi connectivity index (χ1v) is 21.0. The van der Waals surface area contributed by atoms with Crippen molar-refractivity contribution >= 4 is 6.16 Å². The number of aliphatic hydroxyl groups is 2. The average molecular weight is 741 g/mol. The standard InChI is InChI=1S/C43H52N2O9/c46-27-9-7-25-19-31-42(49)13-11-29(37-40(42,33(25)35(27)53-37)15-17-44(31)21-23-3-1-4-23)51-39(48)52-30-12-14-43(50)32-20-26-8-10-28(47)36-34(26)41(43,38(30)54-36)16-18-45(32)22-24-5-2-6-24/h7-10,23-24,29-32,37-38,46-47,49-50H,1-6,11-22H2/t29-,30?,31?,32+,37-,38-,40-,41-,42+,43+/m0/s1. The van der Waals surface area contributed by atoms with Gasteiger partial charge in [-0.05, 0) is 125 Å². The van der Waals surface area contributed by atoms with Crippen LogP contribution < -0.4 is 9.47 Å². The van der Waals surface area contributed by atoms with E-state index in [9.17, 15) is 25.2 Å². The lowest BCUT2D eigenvalue weighted by molar-refractivity contribution is -0.221. The number of hydrogen-bond donors (Lipinski definition) is 4. The fourth-order valence-electron chi connectivity index (χ4n) is 14.1. The summed E-state index contributed by atoms with van der Waals surface area (Å²) in [6.45, 7) is 3.61. The summed E-state index contributed by atoms with van der Waals surface area (Å²) in [5.41, 5.74) is 0.186. The van der Waals surface area contributed by atoms with Crippen molar-refractivity contribution < 1.29 is 44.2 Å². The number of phenolic OH excluding ortho intramolecular Hbond substituents is 2. The monoisotopic (exact) mass is 740 g/mol. The van der Waals surface area contributed by atoms with Gasteiger partial charge in [0.05, 0.1) is 22.0 Å². The van der Waals surface area contributed by atoms with Gasteiger partial charge in [-0.25, -0.2) is 4.79 Å². The van der Waals surface area contributed by atoms with Crippen LogP contribution in [0.5, 0.6) is 23.0 Å². The Kier molecular flexibility index (Phi) is 6.70. The summed E-state index contributed by atoms with van der Waals surface area (Å²) in [6.07, 6.45) is 8.41.